The maximum atomic E-state index is 13.8. The SMILES string of the molecule is Nc1ccc2c(c1)CC(=O)N2Cc1ccc(Cl)cc1F. The number of fused-ring (bicyclic) bond motifs is 1. The molecular formula is C15H12ClFN2O. The Labute approximate surface area is 120 Å². The fraction of sp³-hybridized carbons (Fsp3) is 0.133. The van der Waals surface area contributed by atoms with Crippen LogP contribution in [0.15, 0.2) is 36.4 Å². The molecule has 0 bridgehead atoms. The molecule has 0 spiro atoms. The third kappa shape index (κ3) is 2.23. The van der Waals surface area contributed by atoms with E-state index < -0.39 is 5.82 Å². The van der Waals surface area contributed by atoms with Crippen molar-refractivity contribution in [2.24, 2.45) is 0 Å². The molecule has 2 aromatic rings. The second-order valence-electron chi connectivity index (χ2n) is 4.78. The van der Waals surface area contributed by atoms with E-state index in [9.17, 15) is 9.18 Å². The van der Waals surface area contributed by atoms with E-state index in [1.165, 1.54) is 6.07 Å². The van der Waals surface area contributed by atoms with E-state index in [-0.39, 0.29) is 12.5 Å². The maximum Gasteiger partial charge on any atom is 0.231 e. The van der Waals surface area contributed by atoms with Crippen molar-refractivity contribution in [3.8, 4) is 0 Å². The molecule has 1 aliphatic heterocycles. The summed E-state index contributed by atoms with van der Waals surface area (Å²) in [5.74, 6) is -0.464. The molecule has 20 heavy (non-hydrogen) atoms. The van der Waals surface area contributed by atoms with Crippen LogP contribution >= 0.6 is 11.6 Å². The van der Waals surface area contributed by atoms with Gasteiger partial charge in [-0.05, 0) is 35.9 Å². The fourth-order valence-corrected chi connectivity index (χ4v) is 2.56. The Kier molecular flexibility index (Phi) is 3.10. The first-order valence-corrected chi connectivity index (χ1v) is 6.55. The number of rotatable bonds is 2. The van der Waals surface area contributed by atoms with Crippen LogP contribution in [0, 0.1) is 5.82 Å². The van der Waals surface area contributed by atoms with E-state index in [1.54, 1.807) is 35.2 Å². The average Bonchev–Trinajstić information content (AvgIpc) is 2.68. The Balaban J connectivity index is 1.94. The fourth-order valence-electron chi connectivity index (χ4n) is 2.40. The third-order valence-electron chi connectivity index (χ3n) is 3.38. The molecule has 2 N–H and O–H groups in total. The van der Waals surface area contributed by atoms with Gasteiger partial charge in [-0.1, -0.05) is 17.7 Å². The van der Waals surface area contributed by atoms with E-state index in [2.05, 4.69) is 0 Å². The lowest BCUT2D eigenvalue weighted by molar-refractivity contribution is -0.117. The zero-order valence-electron chi connectivity index (χ0n) is 10.6. The van der Waals surface area contributed by atoms with Crippen molar-refractivity contribution in [1.29, 1.82) is 0 Å². The molecule has 1 aliphatic rings. The van der Waals surface area contributed by atoms with Crippen LogP contribution in [-0.4, -0.2) is 5.91 Å². The molecule has 0 saturated carbocycles. The minimum atomic E-state index is -0.408. The Morgan fingerprint density at radius 2 is 2.05 bits per heavy atom. The van der Waals surface area contributed by atoms with Crippen LogP contribution < -0.4 is 10.6 Å². The van der Waals surface area contributed by atoms with Gasteiger partial charge in [0.05, 0.1) is 13.0 Å². The molecular weight excluding hydrogens is 279 g/mol. The van der Waals surface area contributed by atoms with Crippen molar-refractivity contribution in [3.05, 3.63) is 58.4 Å². The van der Waals surface area contributed by atoms with Crippen LogP contribution in [0.3, 0.4) is 0 Å². The van der Waals surface area contributed by atoms with Crippen molar-refractivity contribution >= 4 is 28.9 Å². The number of benzene rings is 2. The van der Waals surface area contributed by atoms with Crippen molar-refractivity contribution < 1.29 is 9.18 Å². The van der Waals surface area contributed by atoms with Gasteiger partial charge in [-0.25, -0.2) is 4.39 Å². The van der Waals surface area contributed by atoms with Crippen molar-refractivity contribution in [3.63, 3.8) is 0 Å². The summed E-state index contributed by atoms with van der Waals surface area (Å²) in [4.78, 5) is 13.6. The monoisotopic (exact) mass is 290 g/mol. The van der Waals surface area contributed by atoms with Crippen LogP contribution in [0.1, 0.15) is 11.1 Å². The number of anilines is 2. The second kappa shape index (κ2) is 4.80. The lowest BCUT2D eigenvalue weighted by Gasteiger charge is -2.18. The van der Waals surface area contributed by atoms with Gasteiger partial charge in [0.25, 0.3) is 0 Å². The molecule has 2 aromatic carbocycles. The summed E-state index contributed by atoms with van der Waals surface area (Å²) in [6.07, 6.45) is 0.301. The molecule has 0 aliphatic carbocycles. The standard InChI is InChI=1S/C15H12ClFN2O/c16-11-2-1-9(13(17)7-11)8-19-14-4-3-12(18)5-10(14)6-15(19)20/h1-5,7H,6,8,18H2. The number of nitrogens with two attached hydrogens (primary N) is 1. The van der Waals surface area contributed by atoms with E-state index in [4.69, 9.17) is 17.3 Å². The van der Waals surface area contributed by atoms with E-state index in [1.807, 2.05) is 0 Å². The molecule has 3 rings (SSSR count). The maximum absolute atomic E-state index is 13.8. The molecule has 0 unspecified atom stereocenters. The number of carbonyl (C=O) groups excluding carboxylic acids is 1. The van der Waals surface area contributed by atoms with Crippen molar-refractivity contribution in [2.75, 3.05) is 10.6 Å². The summed E-state index contributed by atoms with van der Waals surface area (Å²) in [6, 6.07) is 9.78. The van der Waals surface area contributed by atoms with Gasteiger partial charge < -0.3 is 10.6 Å². The molecule has 0 atom stereocenters. The number of nitrogen functional groups attached to an aromatic ring is 1. The molecule has 0 aromatic heterocycles. The van der Waals surface area contributed by atoms with Gasteiger partial charge in [0.2, 0.25) is 5.91 Å². The lowest BCUT2D eigenvalue weighted by atomic mass is 10.1. The number of carbonyl (C=O) groups is 1. The quantitative estimate of drug-likeness (QED) is 0.864. The first-order chi connectivity index (χ1) is 9.54. The zero-order valence-corrected chi connectivity index (χ0v) is 11.3. The van der Waals surface area contributed by atoms with Crippen LogP contribution in [-0.2, 0) is 17.8 Å². The molecule has 0 fully saturated rings. The summed E-state index contributed by atoms with van der Waals surface area (Å²) >= 11 is 5.73. The van der Waals surface area contributed by atoms with Crippen LogP contribution in [0.5, 0.6) is 0 Å². The normalized spacial score (nSPS) is 13.7. The lowest BCUT2D eigenvalue weighted by Crippen LogP contribution is -2.26. The Morgan fingerprint density at radius 3 is 2.80 bits per heavy atom. The summed E-state index contributed by atoms with van der Waals surface area (Å²) in [5.41, 5.74) is 8.44. The third-order valence-corrected chi connectivity index (χ3v) is 3.62. The van der Waals surface area contributed by atoms with Crippen molar-refractivity contribution in [1.82, 2.24) is 0 Å². The number of nitrogens with zero attached hydrogens (tertiary/aromatic N) is 1. The van der Waals surface area contributed by atoms with E-state index in [0.717, 1.165) is 11.3 Å². The summed E-state index contributed by atoms with van der Waals surface area (Å²) in [7, 11) is 0. The summed E-state index contributed by atoms with van der Waals surface area (Å²) < 4.78 is 13.8. The van der Waals surface area contributed by atoms with Gasteiger partial charge in [-0.15, -0.1) is 0 Å². The minimum Gasteiger partial charge on any atom is -0.399 e. The average molecular weight is 291 g/mol. The number of hydrogen-bond donors (Lipinski definition) is 1. The molecule has 1 amide bonds. The number of halogens is 2. The Morgan fingerprint density at radius 1 is 1.25 bits per heavy atom. The van der Waals surface area contributed by atoms with Gasteiger partial charge in [-0.2, -0.15) is 0 Å². The van der Waals surface area contributed by atoms with E-state index >= 15 is 0 Å². The van der Waals surface area contributed by atoms with Crippen LogP contribution in [0.25, 0.3) is 0 Å². The highest BCUT2D eigenvalue weighted by Crippen LogP contribution is 2.32. The van der Waals surface area contributed by atoms with Gasteiger partial charge in [-0.3, -0.25) is 4.79 Å². The van der Waals surface area contributed by atoms with Gasteiger partial charge in [0, 0.05) is 22.0 Å². The summed E-state index contributed by atoms with van der Waals surface area (Å²) in [6.45, 7) is 0.193. The highest BCUT2D eigenvalue weighted by Gasteiger charge is 2.27. The Bertz CT molecular complexity index is 702. The van der Waals surface area contributed by atoms with Gasteiger partial charge in [0.1, 0.15) is 5.82 Å². The minimum absolute atomic E-state index is 0.0556. The zero-order chi connectivity index (χ0) is 14.3. The predicted molar refractivity (Wildman–Crippen MR) is 77.2 cm³/mol. The topological polar surface area (TPSA) is 46.3 Å². The van der Waals surface area contributed by atoms with Gasteiger partial charge in [0.15, 0.2) is 0 Å². The molecule has 5 heteroatoms. The van der Waals surface area contributed by atoms with Crippen LogP contribution in [0.4, 0.5) is 15.8 Å². The first kappa shape index (κ1) is 12.9. The first-order valence-electron chi connectivity index (χ1n) is 6.17. The molecule has 102 valence electrons. The van der Waals surface area contributed by atoms with E-state index in [0.29, 0.717) is 22.7 Å². The van der Waals surface area contributed by atoms with Crippen molar-refractivity contribution in [2.45, 2.75) is 13.0 Å². The number of amides is 1. The number of hydrogen-bond acceptors (Lipinski definition) is 2. The molecule has 1 heterocycles. The highest BCUT2D eigenvalue weighted by atomic mass is 35.5. The van der Waals surface area contributed by atoms with Gasteiger partial charge >= 0.3 is 0 Å². The molecule has 3 nitrogen and oxygen atoms in total. The largest absolute Gasteiger partial charge is 0.399 e. The second-order valence-corrected chi connectivity index (χ2v) is 5.22. The smallest absolute Gasteiger partial charge is 0.231 e. The predicted octanol–water partition coefficient (Wildman–Crippen LogP) is 3.15. The van der Waals surface area contributed by atoms with Crippen LogP contribution in [0.2, 0.25) is 5.02 Å². The Hall–Kier alpha value is -2.07. The molecule has 0 radical (unpaired) electrons. The highest BCUT2D eigenvalue weighted by molar-refractivity contribution is 6.30. The molecule has 0 saturated heterocycles. The summed E-state index contributed by atoms with van der Waals surface area (Å²) in [5, 5.41) is 0.340.